The van der Waals surface area contributed by atoms with Gasteiger partial charge in [0.25, 0.3) is 5.91 Å². The molecule has 0 spiro atoms. The molecule has 0 atom stereocenters. The largest absolute Gasteiger partial charge is 0.342 e. The molecule has 1 aliphatic carbocycles. The number of hydrogen-bond acceptors (Lipinski definition) is 4. The Morgan fingerprint density at radius 2 is 1.88 bits per heavy atom. The number of hydrogen-bond donors (Lipinski definition) is 1. The molecule has 2 aromatic carbocycles. The third-order valence-electron chi connectivity index (χ3n) is 6.53. The van der Waals surface area contributed by atoms with Gasteiger partial charge in [0.05, 0.1) is 22.5 Å². The van der Waals surface area contributed by atoms with E-state index in [1.165, 1.54) is 0 Å². The van der Waals surface area contributed by atoms with Crippen LogP contribution in [-0.4, -0.2) is 43.1 Å². The molecule has 0 aliphatic heterocycles. The first-order valence-corrected chi connectivity index (χ1v) is 13.4. The predicted molar refractivity (Wildman–Crippen MR) is 135 cm³/mol. The Bertz CT molecular complexity index is 1360. The standard InChI is InChI=1S/C26H30N4O3S/c1-4-15-34(32,33)28-20-12-9-18(10-13-20)25-23(17-27)22-16-19(26(31)29(3)5-2)11-14-24(22)30(25)21-7-6-8-21/h9-14,16,21,28H,4-8,15H2,1-3H3. The van der Waals surface area contributed by atoms with Gasteiger partial charge in [-0.1, -0.05) is 19.1 Å². The molecule has 1 heterocycles. The monoisotopic (exact) mass is 478 g/mol. The number of aromatic nitrogens is 1. The summed E-state index contributed by atoms with van der Waals surface area (Å²) in [6.07, 6.45) is 3.76. The first-order valence-electron chi connectivity index (χ1n) is 11.7. The maximum atomic E-state index is 12.8. The maximum absolute atomic E-state index is 12.8. The average Bonchev–Trinajstić information content (AvgIpc) is 3.10. The van der Waals surface area contributed by atoms with Crippen LogP contribution in [0.25, 0.3) is 22.2 Å². The van der Waals surface area contributed by atoms with Crippen molar-refractivity contribution in [3.63, 3.8) is 0 Å². The fourth-order valence-corrected chi connectivity index (χ4v) is 5.56. The van der Waals surface area contributed by atoms with E-state index in [0.717, 1.165) is 41.4 Å². The molecule has 1 amide bonds. The van der Waals surface area contributed by atoms with Crippen LogP contribution in [0.2, 0.25) is 0 Å². The van der Waals surface area contributed by atoms with Gasteiger partial charge in [-0.25, -0.2) is 8.42 Å². The van der Waals surface area contributed by atoms with Crippen LogP contribution in [-0.2, 0) is 10.0 Å². The number of amides is 1. The molecule has 0 saturated heterocycles. The highest BCUT2D eigenvalue weighted by atomic mass is 32.2. The lowest BCUT2D eigenvalue weighted by atomic mass is 9.92. The van der Waals surface area contributed by atoms with Crippen molar-refractivity contribution in [3.8, 4) is 17.3 Å². The van der Waals surface area contributed by atoms with E-state index in [1.54, 1.807) is 24.1 Å². The minimum absolute atomic E-state index is 0.0670. The molecule has 4 rings (SSSR count). The highest BCUT2D eigenvalue weighted by Gasteiger charge is 2.28. The first kappa shape index (κ1) is 23.8. The number of rotatable bonds is 8. The van der Waals surface area contributed by atoms with E-state index in [4.69, 9.17) is 0 Å². The summed E-state index contributed by atoms with van der Waals surface area (Å²) in [4.78, 5) is 14.4. The molecular formula is C26H30N4O3S. The van der Waals surface area contributed by atoms with Crippen LogP contribution >= 0.6 is 0 Å². The zero-order valence-electron chi connectivity index (χ0n) is 19.8. The number of carbonyl (C=O) groups is 1. The molecule has 34 heavy (non-hydrogen) atoms. The molecular weight excluding hydrogens is 448 g/mol. The molecule has 178 valence electrons. The summed E-state index contributed by atoms with van der Waals surface area (Å²) in [5.41, 5.74) is 4.20. The Morgan fingerprint density at radius 3 is 2.44 bits per heavy atom. The van der Waals surface area contributed by atoms with Crippen LogP contribution in [0, 0.1) is 11.3 Å². The normalized spacial score (nSPS) is 13.9. The summed E-state index contributed by atoms with van der Waals surface area (Å²) in [5.74, 6) is -0.00713. The zero-order chi connectivity index (χ0) is 24.5. The highest BCUT2D eigenvalue weighted by molar-refractivity contribution is 7.92. The zero-order valence-corrected chi connectivity index (χ0v) is 20.7. The van der Waals surface area contributed by atoms with Crippen LogP contribution in [0.1, 0.15) is 61.5 Å². The number of benzene rings is 2. The number of anilines is 1. The molecule has 0 unspecified atom stereocenters. The Kier molecular flexibility index (Phi) is 6.67. The molecule has 3 aromatic rings. The lowest BCUT2D eigenvalue weighted by Crippen LogP contribution is -2.26. The second-order valence-corrected chi connectivity index (χ2v) is 10.7. The quantitative estimate of drug-likeness (QED) is 0.484. The maximum Gasteiger partial charge on any atom is 0.253 e. The van der Waals surface area contributed by atoms with Gasteiger partial charge in [-0.3, -0.25) is 9.52 Å². The SMILES string of the molecule is CCCS(=O)(=O)Nc1ccc(-c2c(C#N)c3cc(C(=O)N(C)CC)ccc3n2C2CCC2)cc1. The van der Waals surface area contributed by atoms with E-state index >= 15 is 0 Å². The molecule has 1 aliphatic rings. The van der Waals surface area contributed by atoms with Gasteiger partial charge in [-0.15, -0.1) is 0 Å². The number of carbonyl (C=O) groups excluding carboxylic acids is 1. The van der Waals surface area contributed by atoms with Crippen LogP contribution < -0.4 is 4.72 Å². The summed E-state index contributed by atoms with van der Waals surface area (Å²) in [6.45, 7) is 4.35. The van der Waals surface area contributed by atoms with E-state index in [2.05, 4.69) is 15.4 Å². The molecule has 1 fully saturated rings. The van der Waals surface area contributed by atoms with Crippen molar-refractivity contribution < 1.29 is 13.2 Å². The number of fused-ring (bicyclic) bond motifs is 1. The molecule has 0 radical (unpaired) electrons. The van der Waals surface area contributed by atoms with Crippen molar-refractivity contribution in [2.75, 3.05) is 24.1 Å². The number of nitrogens with one attached hydrogen (secondary N) is 1. The fraction of sp³-hybridized carbons (Fsp3) is 0.385. The third kappa shape index (κ3) is 4.40. The minimum Gasteiger partial charge on any atom is -0.342 e. The van der Waals surface area contributed by atoms with Crippen LogP contribution in [0.4, 0.5) is 5.69 Å². The topological polar surface area (TPSA) is 95.2 Å². The second-order valence-electron chi connectivity index (χ2n) is 8.84. The van der Waals surface area contributed by atoms with Crippen molar-refractivity contribution in [1.29, 1.82) is 5.26 Å². The van der Waals surface area contributed by atoms with Crippen molar-refractivity contribution in [2.45, 2.75) is 45.6 Å². The number of nitrogens with zero attached hydrogens (tertiary/aromatic N) is 3. The van der Waals surface area contributed by atoms with Gasteiger partial charge in [0.15, 0.2) is 0 Å². The molecule has 0 bridgehead atoms. The van der Waals surface area contributed by atoms with E-state index in [-0.39, 0.29) is 11.7 Å². The van der Waals surface area contributed by atoms with Gasteiger partial charge in [0, 0.05) is 36.3 Å². The van der Waals surface area contributed by atoms with Gasteiger partial charge in [-0.2, -0.15) is 5.26 Å². The Hall–Kier alpha value is -3.31. The Labute approximate surface area is 201 Å². The van der Waals surface area contributed by atoms with E-state index < -0.39 is 10.0 Å². The number of nitriles is 1. The van der Waals surface area contributed by atoms with Gasteiger partial charge in [0.1, 0.15) is 6.07 Å². The number of sulfonamides is 1. The third-order valence-corrected chi connectivity index (χ3v) is 8.02. The molecule has 7 nitrogen and oxygen atoms in total. The summed E-state index contributed by atoms with van der Waals surface area (Å²) in [7, 11) is -1.61. The smallest absolute Gasteiger partial charge is 0.253 e. The van der Waals surface area contributed by atoms with Crippen LogP contribution in [0.3, 0.4) is 0 Å². The summed E-state index contributed by atoms with van der Waals surface area (Å²) >= 11 is 0. The highest BCUT2D eigenvalue weighted by Crippen LogP contribution is 2.43. The van der Waals surface area contributed by atoms with Crippen LogP contribution in [0.15, 0.2) is 42.5 Å². The Balaban J connectivity index is 1.83. The lowest BCUT2D eigenvalue weighted by Gasteiger charge is -2.30. The van der Waals surface area contributed by atoms with Crippen molar-refractivity contribution in [1.82, 2.24) is 9.47 Å². The minimum atomic E-state index is -3.38. The lowest BCUT2D eigenvalue weighted by molar-refractivity contribution is 0.0802. The van der Waals surface area contributed by atoms with Crippen molar-refractivity contribution >= 4 is 32.5 Å². The second kappa shape index (κ2) is 9.51. The Morgan fingerprint density at radius 1 is 1.18 bits per heavy atom. The van der Waals surface area contributed by atoms with Crippen LogP contribution in [0.5, 0.6) is 0 Å². The first-order chi connectivity index (χ1) is 16.3. The molecule has 1 aromatic heterocycles. The summed E-state index contributed by atoms with van der Waals surface area (Å²) in [6, 6.07) is 15.5. The summed E-state index contributed by atoms with van der Waals surface area (Å²) < 4.78 is 29.1. The van der Waals surface area contributed by atoms with Gasteiger partial charge in [-0.05, 0) is 68.5 Å². The van der Waals surface area contributed by atoms with Gasteiger partial charge < -0.3 is 9.47 Å². The van der Waals surface area contributed by atoms with E-state index in [9.17, 15) is 18.5 Å². The van der Waals surface area contributed by atoms with E-state index in [0.29, 0.717) is 35.8 Å². The summed E-state index contributed by atoms with van der Waals surface area (Å²) in [5, 5.41) is 10.9. The molecule has 8 heteroatoms. The van der Waals surface area contributed by atoms with Gasteiger partial charge >= 0.3 is 0 Å². The molecule has 1 saturated carbocycles. The molecule has 1 N–H and O–H groups in total. The fourth-order valence-electron chi connectivity index (χ4n) is 4.43. The average molecular weight is 479 g/mol. The van der Waals surface area contributed by atoms with Crippen molar-refractivity contribution in [3.05, 3.63) is 53.6 Å². The predicted octanol–water partition coefficient (Wildman–Crippen LogP) is 5.15. The van der Waals surface area contributed by atoms with Gasteiger partial charge in [0.2, 0.25) is 10.0 Å². The van der Waals surface area contributed by atoms with Crippen molar-refractivity contribution in [2.24, 2.45) is 0 Å². The van der Waals surface area contributed by atoms with E-state index in [1.807, 2.05) is 44.2 Å².